The predicted molar refractivity (Wildman–Crippen MR) is 53.7 cm³/mol. The SMILES string of the molecule is O=S1(=O)CC(Cl)(Br)C(Cl)(Br)C1. The average molecular weight is 347 g/mol. The van der Waals surface area contributed by atoms with Crippen molar-refractivity contribution in [1.82, 2.24) is 0 Å². The molecule has 66 valence electrons. The maximum Gasteiger partial charge on any atom is 0.155 e. The molecule has 0 bridgehead atoms. The van der Waals surface area contributed by atoms with Gasteiger partial charge >= 0.3 is 0 Å². The third-order valence-electron chi connectivity index (χ3n) is 1.34. The molecule has 7 heteroatoms. The Bertz CT molecular complexity index is 250. The average Bonchev–Trinajstić information content (AvgIpc) is 1.66. The molecule has 2 unspecified atom stereocenters. The van der Waals surface area contributed by atoms with E-state index in [1.54, 1.807) is 0 Å². The molecule has 0 aromatic carbocycles. The molecule has 0 aromatic rings. The van der Waals surface area contributed by atoms with Gasteiger partial charge in [0.1, 0.15) is 7.57 Å². The van der Waals surface area contributed by atoms with Gasteiger partial charge in [0.05, 0.1) is 11.5 Å². The number of rotatable bonds is 0. The molecule has 2 nitrogen and oxygen atoms in total. The van der Waals surface area contributed by atoms with Crippen molar-refractivity contribution in [2.24, 2.45) is 0 Å². The normalized spacial score (nSPS) is 49.5. The first-order chi connectivity index (χ1) is 4.66. The maximum absolute atomic E-state index is 11.0. The minimum absolute atomic E-state index is 0.156. The van der Waals surface area contributed by atoms with E-state index in [2.05, 4.69) is 31.9 Å². The summed E-state index contributed by atoms with van der Waals surface area (Å²) in [7, 11) is -3.12. The first-order valence-corrected chi connectivity index (χ1v) is 6.79. The molecule has 1 aliphatic rings. The topological polar surface area (TPSA) is 34.1 Å². The molecule has 0 saturated carbocycles. The van der Waals surface area contributed by atoms with Gasteiger partial charge in [-0.05, 0) is 0 Å². The largest absolute Gasteiger partial charge is 0.229 e. The van der Waals surface area contributed by atoms with Gasteiger partial charge in [0.15, 0.2) is 9.84 Å². The van der Waals surface area contributed by atoms with Gasteiger partial charge in [-0.3, -0.25) is 0 Å². The highest BCUT2D eigenvalue weighted by Crippen LogP contribution is 2.51. The molecule has 0 spiro atoms. The van der Waals surface area contributed by atoms with Crippen LogP contribution in [-0.4, -0.2) is 27.5 Å². The second-order valence-electron chi connectivity index (χ2n) is 2.44. The van der Waals surface area contributed by atoms with Crippen LogP contribution in [0.4, 0.5) is 0 Å². The zero-order valence-corrected chi connectivity index (χ0v) is 10.7. The van der Waals surface area contributed by atoms with E-state index in [0.717, 1.165) is 0 Å². The molecule has 0 aliphatic carbocycles. The van der Waals surface area contributed by atoms with Crippen LogP contribution in [0.15, 0.2) is 0 Å². The molecule has 11 heavy (non-hydrogen) atoms. The van der Waals surface area contributed by atoms with E-state index in [1.807, 2.05) is 0 Å². The summed E-state index contributed by atoms with van der Waals surface area (Å²) in [5, 5.41) is 0. The Labute approximate surface area is 91.8 Å². The maximum atomic E-state index is 11.0. The van der Waals surface area contributed by atoms with Crippen molar-refractivity contribution in [1.29, 1.82) is 0 Å². The lowest BCUT2D eigenvalue weighted by atomic mass is 10.4. The summed E-state index contributed by atoms with van der Waals surface area (Å²) in [6, 6.07) is 0. The van der Waals surface area contributed by atoms with Crippen molar-refractivity contribution >= 4 is 64.9 Å². The van der Waals surface area contributed by atoms with Crippen molar-refractivity contribution in [2.45, 2.75) is 7.57 Å². The fraction of sp³-hybridized carbons (Fsp3) is 1.00. The summed E-state index contributed by atoms with van der Waals surface area (Å²) in [4.78, 5) is 0. The highest BCUT2D eigenvalue weighted by atomic mass is 79.9. The fourth-order valence-corrected chi connectivity index (χ4v) is 6.55. The third-order valence-corrected chi connectivity index (χ3v) is 8.05. The van der Waals surface area contributed by atoms with Gasteiger partial charge in [-0.1, -0.05) is 31.9 Å². The monoisotopic (exact) mass is 344 g/mol. The Kier molecular flexibility index (Phi) is 2.63. The molecule has 1 rings (SSSR count). The molecule has 1 fully saturated rings. The Balaban J connectivity index is 3.08. The third kappa shape index (κ3) is 2.05. The van der Waals surface area contributed by atoms with Crippen LogP contribution in [0.2, 0.25) is 0 Å². The summed E-state index contributed by atoms with van der Waals surface area (Å²) < 4.78 is 19.9. The van der Waals surface area contributed by atoms with E-state index in [9.17, 15) is 8.42 Å². The molecule has 0 amide bonds. The van der Waals surface area contributed by atoms with Crippen LogP contribution >= 0.6 is 55.1 Å². The molecule has 1 heterocycles. The summed E-state index contributed by atoms with van der Waals surface area (Å²) in [6.45, 7) is 0. The highest BCUT2D eigenvalue weighted by Gasteiger charge is 2.57. The lowest BCUT2D eigenvalue weighted by Crippen LogP contribution is -2.32. The highest BCUT2D eigenvalue weighted by molar-refractivity contribution is 9.13. The van der Waals surface area contributed by atoms with Gasteiger partial charge in [0.2, 0.25) is 0 Å². The minimum Gasteiger partial charge on any atom is -0.229 e. The summed E-state index contributed by atoms with van der Waals surface area (Å²) in [5.74, 6) is -0.313. The van der Waals surface area contributed by atoms with Crippen molar-refractivity contribution in [3.05, 3.63) is 0 Å². The first-order valence-electron chi connectivity index (χ1n) is 2.62. The van der Waals surface area contributed by atoms with Crippen molar-refractivity contribution < 1.29 is 8.42 Å². The molecule has 0 radical (unpaired) electrons. The molecular formula is C4H4Br2Cl2O2S. The lowest BCUT2D eigenvalue weighted by molar-refractivity contribution is 0.602. The Hall–Kier alpha value is 1.49. The fourth-order valence-electron chi connectivity index (χ4n) is 0.815. The van der Waals surface area contributed by atoms with E-state index in [1.165, 1.54) is 0 Å². The van der Waals surface area contributed by atoms with Crippen LogP contribution in [-0.2, 0) is 9.84 Å². The predicted octanol–water partition coefficient (Wildman–Crippen LogP) is 2.07. The number of hydrogen-bond donors (Lipinski definition) is 0. The first kappa shape index (κ1) is 10.6. The van der Waals surface area contributed by atoms with E-state index in [4.69, 9.17) is 23.2 Å². The van der Waals surface area contributed by atoms with Gasteiger partial charge in [0, 0.05) is 0 Å². The molecular weight excluding hydrogens is 343 g/mol. The van der Waals surface area contributed by atoms with Crippen LogP contribution in [0.3, 0.4) is 0 Å². The molecule has 0 aromatic heterocycles. The van der Waals surface area contributed by atoms with E-state index in [-0.39, 0.29) is 11.5 Å². The summed E-state index contributed by atoms with van der Waals surface area (Å²) in [5.41, 5.74) is 0. The van der Waals surface area contributed by atoms with E-state index >= 15 is 0 Å². The quantitative estimate of drug-likeness (QED) is 0.629. The van der Waals surface area contributed by atoms with Crippen LogP contribution in [0.1, 0.15) is 0 Å². The zero-order valence-electron chi connectivity index (χ0n) is 5.15. The second-order valence-corrected chi connectivity index (χ2v) is 9.42. The zero-order chi connectivity index (χ0) is 8.91. The van der Waals surface area contributed by atoms with E-state index < -0.39 is 17.4 Å². The smallest absolute Gasteiger partial charge is 0.155 e. The minimum atomic E-state index is -3.12. The summed E-state index contributed by atoms with van der Waals surface area (Å²) >= 11 is 17.7. The number of sulfone groups is 1. The molecule has 1 aliphatic heterocycles. The Morgan fingerprint density at radius 1 is 1.09 bits per heavy atom. The standard InChI is InChI=1S/C4H4Br2Cl2O2S/c5-3(7)1-11(9,10)2-4(3,6)8/h1-2H2. The second kappa shape index (κ2) is 2.74. The van der Waals surface area contributed by atoms with Gasteiger partial charge < -0.3 is 0 Å². The Morgan fingerprint density at radius 3 is 1.45 bits per heavy atom. The number of halogens is 4. The van der Waals surface area contributed by atoms with Gasteiger partial charge in [0.25, 0.3) is 0 Å². The lowest BCUT2D eigenvalue weighted by Gasteiger charge is -2.22. The molecule has 0 N–H and O–H groups in total. The van der Waals surface area contributed by atoms with Gasteiger partial charge in [-0.25, -0.2) is 8.42 Å². The van der Waals surface area contributed by atoms with E-state index in [0.29, 0.717) is 0 Å². The van der Waals surface area contributed by atoms with Gasteiger partial charge in [-0.2, -0.15) is 0 Å². The summed E-state index contributed by atoms with van der Waals surface area (Å²) in [6.07, 6.45) is 0. The van der Waals surface area contributed by atoms with Gasteiger partial charge in [-0.15, -0.1) is 23.2 Å². The van der Waals surface area contributed by atoms with Crippen molar-refractivity contribution in [2.75, 3.05) is 11.5 Å². The van der Waals surface area contributed by atoms with Crippen LogP contribution in [0.5, 0.6) is 0 Å². The molecule has 1 saturated heterocycles. The van der Waals surface area contributed by atoms with Crippen molar-refractivity contribution in [3.8, 4) is 0 Å². The number of hydrogen-bond acceptors (Lipinski definition) is 2. The number of alkyl halides is 4. The van der Waals surface area contributed by atoms with Crippen LogP contribution < -0.4 is 0 Å². The van der Waals surface area contributed by atoms with Crippen molar-refractivity contribution in [3.63, 3.8) is 0 Å². The van der Waals surface area contributed by atoms with Crippen LogP contribution in [0.25, 0.3) is 0 Å². The molecule has 2 atom stereocenters. The van der Waals surface area contributed by atoms with Crippen LogP contribution in [0, 0.1) is 0 Å². The Morgan fingerprint density at radius 2 is 1.36 bits per heavy atom.